The number of aromatic amines is 1. The number of ether oxygens (including phenoxy) is 6. The minimum absolute atomic E-state index is 0.0340. The zero-order valence-corrected chi connectivity index (χ0v) is 22.7. The first-order valence-electron chi connectivity index (χ1n) is 12.7. The van der Waals surface area contributed by atoms with Crippen LogP contribution in [0.15, 0.2) is 59.1 Å². The molecular weight excluding hydrogens is 530 g/mol. The fourth-order valence-electron chi connectivity index (χ4n) is 5.27. The van der Waals surface area contributed by atoms with Crippen LogP contribution in [0.1, 0.15) is 39.4 Å². The lowest BCUT2D eigenvalue weighted by molar-refractivity contribution is -0.135. The molecule has 3 heterocycles. The predicted octanol–water partition coefficient (Wildman–Crippen LogP) is 4.62. The third-order valence-electron chi connectivity index (χ3n) is 7.26. The Hall–Kier alpha value is -5.25. The maximum atomic E-state index is 13.5. The first-order chi connectivity index (χ1) is 19.8. The van der Waals surface area contributed by atoms with Crippen LogP contribution < -0.4 is 34.0 Å². The van der Waals surface area contributed by atoms with Gasteiger partial charge in [0.1, 0.15) is 23.0 Å². The number of allylic oxidation sites excluding steroid dienone is 1. The van der Waals surface area contributed by atoms with E-state index in [1.165, 1.54) is 21.3 Å². The number of aromatic nitrogens is 1. The van der Waals surface area contributed by atoms with Crippen molar-refractivity contribution in [1.82, 2.24) is 4.98 Å². The van der Waals surface area contributed by atoms with Crippen molar-refractivity contribution >= 4 is 28.7 Å². The van der Waals surface area contributed by atoms with E-state index in [1.54, 1.807) is 61.7 Å². The van der Waals surface area contributed by atoms with Gasteiger partial charge in [0.15, 0.2) is 17.3 Å². The van der Waals surface area contributed by atoms with Gasteiger partial charge in [0.05, 0.1) is 40.4 Å². The topological polar surface area (TPSA) is 122 Å². The maximum Gasteiger partial charge on any atom is 0.312 e. The molecule has 0 aliphatic carbocycles. The van der Waals surface area contributed by atoms with Crippen LogP contribution in [-0.4, -0.2) is 45.2 Å². The number of Topliss-reactive ketones (excluding diaryl/α,β-unsaturated/α-hetero) is 1. The van der Waals surface area contributed by atoms with Gasteiger partial charge in [-0.25, -0.2) is 0 Å². The molecule has 2 aliphatic heterocycles. The van der Waals surface area contributed by atoms with E-state index in [0.29, 0.717) is 45.2 Å². The highest BCUT2D eigenvalue weighted by Gasteiger charge is 2.39. The average molecular weight is 556 g/mol. The molecule has 2 aliphatic rings. The second kappa shape index (κ2) is 10.1. The van der Waals surface area contributed by atoms with Crippen molar-refractivity contribution < 1.29 is 38.0 Å². The third-order valence-corrected chi connectivity index (χ3v) is 7.26. The maximum absolute atomic E-state index is 13.5. The highest BCUT2D eigenvalue weighted by molar-refractivity contribution is 6.15. The van der Waals surface area contributed by atoms with Gasteiger partial charge in [0.2, 0.25) is 5.78 Å². The van der Waals surface area contributed by atoms with Crippen molar-refractivity contribution in [2.24, 2.45) is 0 Å². The normalized spacial score (nSPS) is 16.6. The van der Waals surface area contributed by atoms with E-state index < -0.39 is 11.9 Å². The molecule has 1 atom stereocenters. The van der Waals surface area contributed by atoms with Crippen molar-refractivity contribution in [3.8, 4) is 34.5 Å². The largest absolute Gasteiger partial charge is 0.497 e. The molecule has 1 aromatic heterocycles. The number of benzene rings is 3. The average Bonchev–Trinajstić information content (AvgIpc) is 3.30. The lowest BCUT2D eigenvalue weighted by Crippen LogP contribution is -2.26. The van der Waals surface area contributed by atoms with E-state index >= 15 is 0 Å². The monoisotopic (exact) mass is 555 g/mol. The summed E-state index contributed by atoms with van der Waals surface area (Å²) in [4.78, 5) is 42.3. The molecule has 3 aromatic carbocycles. The van der Waals surface area contributed by atoms with Crippen LogP contribution in [0.25, 0.3) is 17.0 Å². The molecule has 208 valence electrons. The summed E-state index contributed by atoms with van der Waals surface area (Å²) in [5, 5.41) is 0.727. The Morgan fingerprint density at radius 2 is 1.59 bits per heavy atom. The first-order valence-corrected chi connectivity index (χ1v) is 12.7. The molecule has 1 N–H and O–H groups in total. The van der Waals surface area contributed by atoms with Gasteiger partial charge in [0, 0.05) is 39.6 Å². The number of carbonyl (C=O) groups is 2. The summed E-state index contributed by atoms with van der Waals surface area (Å²) >= 11 is 0. The highest BCUT2D eigenvalue weighted by Crippen LogP contribution is 2.49. The minimum Gasteiger partial charge on any atom is -0.497 e. The summed E-state index contributed by atoms with van der Waals surface area (Å²) in [5.41, 5.74) is 1.87. The zero-order valence-electron chi connectivity index (χ0n) is 22.7. The van der Waals surface area contributed by atoms with Gasteiger partial charge in [-0.05, 0) is 48.5 Å². The summed E-state index contributed by atoms with van der Waals surface area (Å²) in [5.74, 6) is 0.882. The van der Waals surface area contributed by atoms with E-state index in [-0.39, 0.29) is 40.6 Å². The minimum atomic E-state index is -0.719. The van der Waals surface area contributed by atoms with E-state index in [4.69, 9.17) is 28.4 Å². The lowest BCUT2D eigenvalue weighted by Gasteiger charge is -2.26. The molecule has 4 aromatic rings. The summed E-state index contributed by atoms with van der Waals surface area (Å²) in [6.07, 6.45) is 1.44. The van der Waals surface area contributed by atoms with Crippen molar-refractivity contribution in [2.75, 3.05) is 28.4 Å². The van der Waals surface area contributed by atoms with Crippen LogP contribution >= 0.6 is 0 Å². The number of carbonyl (C=O) groups excluding carboxylic acids is 2. The van der Waals surface area contributed by atoms with E-state index in [0.717, 1.165) is 5.39 Å². The van der Waals surface area contributed by atoms with Crippen LogP contribution in [0.3, 0.4) is 0 Å². The lowest BCUT2D eigenvalue weighted by atomic mass is 9.85. The van der Waals surface area contributed by atoms with Crippen molar-refractivity contribution in [3.63, 3.8) is 0 Å². The number of methoxy groups -OCH3 is 4. The Kier molecular flexibility index (Phi) is 6.37. The van der Waals surface area contributed by atoms with E-state index in [9.17, 15) is 14.4 Å². The second-order valence-electron chi connectivity index (χ2n) is 9.48. The van der Waals surface area contributed by atoms with Crippen molar-refractivity contribution in [1.29, 1.82) is 0 Å². The number of hydrogen-bond donors (Lipinski definition) is 1. The Bertz CT molecular complexity index is 1840. The Balaban J connectivity index is 1.48. The number of H-pyrrole nitrogens is 1. The van der Waals surface area contributed by atoms with E-state index in [2.05, 4.69) is 4.98 Å². The second-order valence-corrected chi connectivity index (χ2v) is 9.48. The van der Waals surface area contributed by atoms with E-state index in [1.807, 2.05) is 0 Å². The molecule has 0 saturated heterocycles. The zero-order chi connectivity index (χ0) is 28.8. The number of hydrogen-bond acceptors (Lipinski definition) is 9. The van der Waals surface area contributed by atoms with Crippen LogP contribution in [0.5, 0.6) is 34.5 Å². The predicted molar refractivity (Wildman–Crippen MR) is 149 cm³/mol. The molecule has 0 amide bonds. The molecule has 6 rings (SSSR count). The standard InChI is InChI=1S/C31H25NO9/c1-36-17-5-7-21-15(9-17)10-20(31(35)32-21)19-13-27(33)40-22-8-6-18-29(34)26(41-30(18)28(19)22)12-16-11-24(38-3)25(39-4)14-23(16)37-2/h5-12,14,19H,13H2,1-4H3,(H,32,35)/b26-12+/t19-/m1/s1. The van der Waals surface area contributed by atoms with Gasteiger partial charge in [0.25, 0.3) is 5.56 Å². The molecule has 0 saturated carbocycles. The quantitative estimate of drug-likeness (QED) is 0.206. The molecule has 0 spiro atoms. The van der Waals surface area contributed by atoms with Gasteiger partial charge < -0.3 is 33.4 Å². The fraction of sp³-hybridized carbons (Fsp3) is 0.194. The molecule has 0 unspecified atom stereocenters. The number of nitrogens with one attached hydrogen (secondary N) is 1. The number of rotatable bonds is 6. The first kappa shape index (κ1) is 26.0. The summed E-state index contributed by atoms with van der Waals surface area (Å²) in [6, 6.07) is 13.4. The molecule has 10 heteroatoms. The van der Waals surface area contributed by atoms with Gasteiger partial charge in [-0.15, -0.1) is 0 Å². The third kappa shape index (κ3) is 4.33. The molecule has 0 radical (unpaired) electrons. The molecular formula is C31H25NO9. The SMILES string of the molecule is COc1ccc2[nH]c(=O)c([C@H]3CC(=O)Oc4ccc5c(c43)O/C(=C/c3cc(OC)c(OC)cc3OC)C5=O)cc2c1. The molecule has 0 fully saturated rings. The Morgan fingerprint density at radius 1 is 0.829 bits per heavy atom. The van der Waals surface area contributed by atoms with Gasteiger partial charge in [-0.2, -0.15) is 0 Å². The van der Waals surface area contributed by atoms with Crippen molar-refractivity contribution in [2.45, 2.75) is 12.3 Å². The summed E-state index contributed by atoms with van der Waals surface area (Å²) < 4.78 is 33.3. The Labute approximate surface area is 234 Å². The van der Waals surface area contributed by atoms with Crippen LogP contribution in [0.2, 0.25) is 0 Å². The smallest absolute Gasteiger partial charge is 0.312 e. The van der Waals surface area contributed by atoms with Crippen LogP contribution in [-0.2, 0) is 4.79 Å². The summed E-state index contributed by atoms with van der Waals surface area (Å²) in [6.45, 7) is 0. The van der Waals surface area contributed by atoms with Gasteiger partial charge in [-0.1, -0.05) is 0 Å². The molecule has 41 heavy (non-hydrogen) atoms. The highest BCUT2D eigenvalue weighted by atomic mass is 16.5. The number of ketones is 1. The Morgan fingerprint density at radius 3 is 2.32 bits per heavy atom. The molecule has 10 nitrogen and oxygen atoms in total. The number of fused-ring (bicyclic) bond motifs is 4. The number of pyridine rings is 1. The molecule has 0 bridgehead atoms. The van der Waals surface area contributed by atoms with Crippen LogP contribution in [0.4, 0.5) is 0 Å². The van der Waals surface area contributed by atoms with Gasteiger partial charge >= 0.3 is 5.97 Å². The van der Waals surface area contributed by atoms with Crippen molar-refractivity contribution in [3.05, 3.63) is 86.9 Å². The van der Waals surface area contributed by atoms with Gasteiger partial charge in [-0.3, -0.25) is 14.4 Å². The number of esters is 1. The summed E-state index contributed by atoms with van der Waals surface area (Å²) in [7, 11) is 6.08. The van der Waals surface area contributed by atoms with Crippen LogP contribution in [0, 0.1) is 0 Å². The fourth-order valence-corrected chi connectivity index (χ4v) is 5.27.